The molecule has 3 heterocycles. The number of carbonyl (C=O) groups is 1. The number of hydrogen-bond donors (Lipinski definition) is 1. The highest BCUT2D eigenvalue weighted by Crippen LogP contribution is 2.31. The lowest BCUT2D eigenvalue weighted by atomic mass is 9.99. The van der Waals surface area contributed by atoms with Crippen LogP contribution >= 0.6 is 0 Å². The minimum absolute atomic E-state index is 0.0622. The van der Waals surface area contributed by atoms with Gasteiger partial charge in [0.1, 0.15) is 12.1 Å². The predicted molar refractivity (Wildman–Crippen MR) is 89.8 cm³/mol. The zero-order chi connectivity index (χ0) is 16.7. The number of nitrogens with zero attached hydrogens (tertiary/aromatic N) is 3. The van der Waals surface area contributed by atoms with Crippen LogP contribution in [0.5, 0.6) is 11.6 Å². The lowest BCUT2D eigenvalue weighted by Gasteiger charge is -2.33. The van der Waals surface area contributed by atoms with Crippen molar-refractivity contribution in [1.82, 2.24) is 19.9 Å². The van der Waals surface area contributed by atoms with Crippen LogP contribution in [-0.4, -0.2) is 31.8 Å². The van der Waals surface area contributed by atoms with Crippen molar-refractivity contribution in [3.63, 3.8) is 0 Å². The summed E-state index contributed by atoms with van der Waals surface area (Å²) in [6, 6.07) is 7.99. The number of rotatable bonds is 2. The molecule has 0 saturated carbocycles. The summed E-state index contributed by atoms with van der Waals surface area (Å²) >= 11 is 0. The van der Waals surface area contributed by atoms with Gasteiger partial charge in [0.25, 0.3) is 0 Å². The van der Waals surface area contributed by atoms with Gasteiger partial charge in [-0.2, -0.15) is 0 Å². The quantitative estimate of drug-likeness (QED) is 0.787. The number of aromatic nitrogens is 3. The standard InChI is InChI=1S/C18H18N4O2/c1-11-7-15-17(9-22(11)12(2)23)20-10-21-18(15)24-14-3-4-16-13(8-14)5-6-19-16/h3-6,8,10-11,19H,7,9H2,1-2H3/t11-/m0/s1. The van der Waals surface area contributed by atoms with Gasteiger partial charge in [-0.25, -0.2) is 9.97 Å². The van der Waals surface area contributed by atoms with Gasteiger partial charge in [-0.05, 0) is 37.6 Å². The van der Waals surface area contributed by atoms with E-state index in [0.29, 0.717) is 18.8 Å². The molecule has 0 aliphatic carbocycles. The molecule has 2 aromatic heterocycles. The van der Waals surface area contributed by atoms with Crippen LogP contribution in [0.25, 0.3) is 10.9 Å². The number of benzene rings is 1. The Bertz CT molecular complexity index is 918. The van der Waals surface area contributed by atoms with E-state index in [1.54, 1.807) is 6.92 Å². The van der Waals surface area contributed by atoms with E-state index < -0.39 is 0 Å². The van der Waals surface area contributed by atoms with Crippen LogP contribution in [0.1, 0.15) is 25.1 Å². The van der Waals surface area contributed by atoms with Gasteiger partial charge < -0.3 is 14.6 Å². The molecule has 1 amide bonds. The molecule has 0 unspecified atom stereocenters. The average molecular weight is 322 g/mol. The van der Waals surface area contributed by atoms with Crippen molar-refractivity contribution < 1.29 is 9.53 Å². The van der Waals surface area contributed by atoms with Crippen LogP contribution in [0.15, 0.2) is 36.8 Å². The second-order valence-corrected chi connectivity index (χ2v) is 6.13. The number of fused-ring (bicyclic) bond motifs is 2. The second kappa shape index (κ2) is 5.63. The molecule has 0 bridgehead atoms. The maximum absolute atomic E-state index is 11.7. The topological polar surface area (TPSA) is 71.1 Å². The number of hydrogen-bond acceptors (Lipinski definition) is 4. The van der Waals surface area contributed by atoms with E-state index in [4.69, 9.17) is 4.74 Å². The first-order valence-corrected chi connectivity index (χ1v) is 7.97. The van der Waals surface area contributed by atoms with Gasteiger partial charge in [-0.3, -0.25) is 4.79 Å². The minimum Gasteiger partial charge on any atom is -0.439 e. The summed E-state index contributed by atoms with van der Waals surface area (Å²) in [4.78, 5) is 25.4. The first-order chi connectivity index (χ1) is 11.6. The fourth-order valence-corrected chi connectivity index (χ4v) is 3.21. The third-order valence-corrected chi connectivity index (χ3v) is 4.49. The molecule has 1 N–H and O–H groups in total. The molecule has 0 radical (unpaired) electrons. The van der Waals surface area contributed by atoms with E-state index in [1.807, 2.05) is 42.3 Å². The molecule has 4 rings (SSSR count). The molecule has 1 aliphatic rings. The molecule has 24 heavy (non-hydrogen) atoms. The van der Waals surface area contributed by atoms with Gasteiger partial charge in [0.2, 0.25) is 11.8 Å². The highest BCUT2D eigenvalue weighted by Gasteiger charge is 2.28. The van der Waals surface area contributed by atoms with Crippen LogP contribution in [0.3, 0.4) is 0 Å². The number of nitrogens with one attached hydrogen (secondary N) is 1. The fourth-order valence-electron chi connectivity index (χ4n) is 3.21. The summed E-state index contributed by atoms with van der Waals surface area (Å²) in [6.07, 6.45) is 4.09. The molecule has 0 fully saturated rings. The van der Waals surface area contributed by atoms with Crippen molar-refractivity contribution in [1.29, 1.82) is 0 Å². The zero-order valence-electron chi connectivity index (χ0n) is 13.6. The summed E-state index contributed by atoms with van der Waals surface area (Å²) in [6.45, 7) is 4.13. The number of ether oxygens (including phenoxy) is 1. The summed E-state index contributed by atoms with van der Waals surface area (Å²) in [7, 11) is 0. The summed E-state index contributed by atoms with van der Waals surface area (Å²) in [5.74, 6) is 1.38. The first kappa shape index (κ1) is 14.7. The maximum Gasteiger partial charge on any atom is 0.225 e. The Kier molecular flexibility index (Phi) is 3.45. The van der Waals surface area contributed by atoms with E-state index in [1.165, 1.54) is 6.33 Å². The van der Waals surface area contributed by atoms with Crippen molar-refractivity contribution in [3.8, 4) is 11.6 Å². The molecule has 6 heteroatoms. The van der Waals surface area contributed by atoms with Crippen molar-refractivity contribution >= 4 is 16.8 Å². The number of aromatic amines is 1. The Morgan fingerprint density at radius 2 is 2.21 bits per heavy atom. The molecule has 1 aliphatic heterocycles. The average Bonchev–Trinajstić information content (AvgIpc) is 3.02. The van der Waals surface area contributed by atoms with E-state index in [-0.39, 0.29) is 11.9 Å². The fraction of sp³-hybridized carbons (Fsp3) is 0.278. The van der Waals surface area contributed by atoms with Gasteiger partial charge in [0.05, 0.1) is 12.2 Å². The third kappa shape index (κ3) is 2.50. The molecule has 1 atom stereocenters. The van der Waals surface area contributed by atoms with E-state index in [0.717, 1.165) is 27.9 Å². The van der Waals surface area contributed by atoms with Crippen LogP contribution in [0.4, 0.5) is 0 Å². The molecular weight excluding hydrogens is 304 g/mol. The second-order valence-electron chi connectivity index (χ2n) is 6.13. The maximum atomic E-state index is 11.7. The molecule has 0 spiro atoms. The number of amides is 1. The molecule has 3 aromatic rings. The Hall–Kier alpha value is -2.89. The molecule has 0 saturated heterocycles. The summed E-state index contributed by atoms with van der Waals surface area (Å²) < 4.78 is 6.03. The third-order valence-electron chi connectivity index (χ3n) is 4.49. The SMILES string of the molecule is CC(=O)N1Cc2ncnc(Oc3ccc4[nH]ccc4c3)c2C[C@@H]1C. The van der Waals surface area contributed by atoms with Gasteiger partial charge in [0.15, 0.2) is 0 Å². The summed E-state index contributed by atoms with van der Waals surface area (Å²) in [5.41, 5.74) is 2.91. The lowest BCUT2D eigenvalue weighted by Crippen LogP contribution is -2.41. The Balaban J connectivity index is 1.67. The number of carbonyl (C=O) groups excluding carboxylic acids is 1. The van der Waals surface area contributed by atoms with E-state index in [2.05, 4.69) is 15.0 Å². The lowest BCUT2D eigenvalue weighted by molar-refractivity contribution is -0.132. The Labute approximate surface area is 139 Å². The smallest absolute Gasteiger partial charge is 0.225 e. The Morgan fingerprint density at radius 1 is 1.33 bits per heavy atom. The predicted octanol–water partition coefficient (Wildman–Crippen LogP) is 3.04. The van der Waals surface area contributed by atoms with Gasteiger partial charge in [-0.15, -0.1) is 0 Å². The first-order valence-electron chi connectivity index (χ1n) is 7.97. The van der Waals surface area contributed by atoms with E-state index in [9.17, 15) is 4.79 Å². The largest absolute Gasteiger partial charge is 0.439 e. The minimum atomic E-state index is 0.0622. The monoisotopic (exact) mass is 322 g/mol. The highest BCUT2D eigenvalue weighted by atomic mass is 16.5. The molecule has 1 aromatic carbocycles. The number of H-pyrrole nitrogens is 1. The van der Waals surface area contributed by atoms with E-state index >= 15 is 0 Å². The molecule has 122 valence electrons. The molecule has 6 nitrogen and oxygen atoms in total. The van der Waals surface area contributed by atoms with Gasteiger partial charge >= 0.3 is 0 Å². The van der Waals surface area contributed by atoms with Crippen molar-refractivity contribution in [2.75, 3.05) is 0 Å². The van der Waals surface area contributed by atoms with Crippen molar-refractivity contribution in [2.24, 2.45) is 0 Å². The highest BCUT2D eigenvalue weighted by molar-refractivity contribution is 5.80. The molecular formula is C18H18N4O2. The van der Waals surface area contributed by atoms with Crippen LogP contribution in [0, 0.1) is 0 Å². The van der Waals surface area contributed by atoms with Crippen LogP contribution in [-0.2, 0) is 17.8 Å². The Morgan fingerprint density at radius 3 is 3.04 bits per heavy atom. The van der Waals surface area contributed by atoms with Gasteiger partial charge in [-0.1, -0.05) is 0 Å². The van der Waals surface area contributed by atoms with Crippen LogP contribution in [0.2, 0.25) is 0 Å². The van der Waals surface area contributed by atoms with Crippen LogP contribution < -0.4 is 4.74 Å². The summed E-state index contributed by atoms with van der Waals surface area (Å²) in [5, 5.41) is 1.09. The van der Waals surface area contributed by atoms with Crippen molar-refractivity contribution in [3.05, 3.63) is 48.0 Å². The zero-order valence-corrected chi connectivity index (χ0v) is 13.6. The normalized spacial score (nSPS) is 16.9. The van der Waals surface area contributed by atoms with Gasteiger partial charge in [0, 0.05) is 35.6 Å². The van der Waals surface area contributed by atoms with Crippen molar-refractivity contribution in [2.45, 2.75) is 32.9 Å².